The van der Waals surface area contributed by atoms with Crippen LogP contribution in [0.25, 0.3) is 0 Å². The molecule has 0 saturated carbocycles. The number of carboxylic acids is 1. The molecule has 3 rings (SSSR count). The number of hydrogen-bond acceptors (Lipinski definition) is 5. The van der Waals surface area contributed by atoms with Gasteiger partial charge in [0.2, 0.25) is 5.95 Å². The summed E-state index contributed by atoms with van der Waals surface area (Å²) in [6, 6.07) is 3.89. The van der Waals surface area contributed by atoms with Gasteiger partial charge in [0.15, 0.2) is 5.69 Å². The lowest BCUT2D eigenvalue weighted by atomic mass is 10.1. The number of halogens is 4. The largest absolute Gasteiger partial charge is 0.478 e. The van der Waals surface area contributed by atoms with Crippen LogP contribution in [0.15, 0.2) is 24.3 Å². The Morgan fingerprint density at radius 2 is 2.04 bits per heavy atom. The maximum atomic E-state index is 13.8. The zero-order chi connectivity index (χ0) is 19.1. The van der Waals surface area contributed by atoms with Gasteiger partial charge in [-0.1, -0.05) is 0 Å². The van der Waals surface area contributed by atoms with Crippen LogP contribution in [0.5, 0.6) is 0 Å². The van der Waals surface area contributed by atoms with E-state index in [4.69, 9.17) is 5.11 Å². The lowest BCUT2D eigenvalue weighted by molar-refractivity contribution is -0.141. The Labute approximate surface area is 145 Å². The van der Waals surface area contributed by atoms with E-state index in [1.807, 2.05) is 6.92 Å². The normalized spacial score (nSPS) is 17.0. The number of benzene rings is 1. The van der Waals surface area contributed by atoms with E-state index in [2.05, 4.69) is 15.3 Å². The fraction of sp³-hybridized carbons (Fsp3) is 0.312. The van der Waals surface area contributed by atoms with Crippen LogP contribution in [-0.4, -0.2) is 33.6 Å². The number of aromatic nitrogens is 2. The minimum Gasteiger partial charge on any atom is -0.478 e. The molecule has 1 atom stereocenters. The molecule has 1 aromatic carbocycles. The molecule has 0 aliphatic carbocycles. The van der Waals surface area contributed by atoms with Crippen molar-refractivity contribution in [3.63, 3.8) is 0 Å². The van der Waals surface area contributed by atoms with Crippen molar-refractivity contribution in [1.29, 1.82) is 0 Å². The van der Waals surface area contributed by atoms with Gasteiger partial charge in [-0.15, -0.1) is 0 Å². The summed E-state index contributed by atoms with van der Waals surface area (Å²) in [7, 11) is 0. The SMILES string of the molecule is C[C@H]1CCN1c1nc(Nc2ccc(C(=O)O)c(F)c2)cc(C(F)(F)F)n1. The summed E-state index contributed by atoms with van der Waals surface area (Å²) < 4.78 is 53.1. The third kappa shape index (κ3) is 3.53. The van der Waals surface area contributed by atoms with Crippen molar-refractivity contribution in [2.45, 2.75) is 25.6 Å². The van der Waals surface area contributed by atoms with Crippen molar-refractivity contribution in [1.82, 2.24) is 9.97 Å². The molecule has 6 nitrogen and oxygen atoms in total. The number of alkyl halides is 3. The van der Waals surface area contributed by atoms with Crippen LogP contribution in [0.4, 0.5) is 35.0 Å². The highest BCUT2D eigenvalue weighted by Crippen LogP contribution is 2.33. The van der Waals surface area contributed by atoms with Gasteiger partial charge in [0.05, 0.1) is 5.56 Å². The fourth-order valence-corrected chi connectivity index (χ4v) is 2.50. The molecule has 10 heteroatoms. The fourth-order valence-electron chi connectivity index (χ4n) is 2.50. The van der Waals surface area contributed by atoms with Gasteiger partial charge in [0, 0.05) is 24.3 Å². The number of nitrogens with zero attached hydrogens (tertiary/aromatic N) is 3. The van der Waals surface area contributed by atoms with E-state index in [-0.39, 0.29) is 23.5 Å². The summed E-state index contributed by atoms with van der Waals surface area (Å²) in [5, 5.41) is 11.4. The molecule has 138 valence electrons. The number of carbonyl (C=O) groups is 1. The van der Waals surface area contributed by atoms with Gasteiger partial charge in [0.25, 0.3) is 0 Å². The van der Waals surface area contributed by atoms with Crippen molar-refractivity contribution in [3.8, 4) is 0 Å². The Morgan fingerprint density at radius 3 is 2.54 bits per heavy atom. The van der Waals surface area contributed by atoms with Gasteiger partial charge in [-0.25, -0.2) is 14.2 Å². The highest BCUT2D eigenvalue weighted by atomic mass is 19.4. The van der Waals surface area contributed by atoms with Crippen molar-refractivity contribution in [2.75, 3.05) is 16.8 Å². The first kappa shape index (κ1) is 17.9. The van der Waals surface area contributed by atoms with Crippen LogP contribution in [0, 0.1) is 5.82 Å². The molecule has 26 heavy (non-hydrogen) atoms. The summed E-state index contributed by atoms with van der Waals surface area (Å²) in [6.45, 7) is 2.39. The van der Waals surface area contributed by atoms with Crippen LogP contribution in [0.1, 0.15) is 29.4 Å². The van der Waals surface area contributed by atoms with Gasteiger partial charge in [-0.3, -0.25) is 0 Å². The van der Waals surface area contributed by atoms with Crippen LogP contribution in [0.2, 0.25) is 0 Å². The Balaban J connectivity index is 1.95. The highest BCUT2D eigenvalue weighted by molar-refractivity contribution is 5.88. The van der Waals surface area contributed by atoms with Crippen LogP contribution >= 0.6 is 0 Å². The monoisotopic (exact) mass is 370 g/mol. The third-order valence-corrected chi connectivity index (χ3v) is 4.05. The van der Waals surface area contributed by atoms with Crippen molar-refractivity contribution in [2.24, 2.45) is 0 Å². The maximum Gasteiger partial charge on any atom is 0.433 e. The maximum absolute atomic E-state index is 13.8. The number of aromatic carboxylic acids is 1. The molecular weight excluding hydrogens is 356 g/mol. The molecular formula is C16H14F4N4O2. The van der Waals surface area contributed by atoms with Crippen LogP contribution < -0.4 is 10.2 Å². The summed E-state index contributed by atoms with van der Waals surface area (Å²) in [4.78, 5) is 20.1. The molecule has 2 N–H and O–H groups in total. The van der Waals surface area contributed by atoms with E-state index in [0.29, 0.717) is 6.54 Å². The first-order valence-corrected chi connectivity index (χ1v) is 7.68. The second-order valence-corrected chi connectivity index (χ2v) is 5.89. The molecule has 0 unspecified atom stereocenters. The van der Waals surface area contributed by atoms with E-state index < -0.39 is 29.2 Å². The third-order valence-electron chi connectivity index (χ3n) is 4.05. The molecule has 0 amide bonds. The number of hydrogen-bond donors (Lipinski definition) is 2. The zero-order valence-electron chi connectivity index (χ0n) is 13.5. The van der Waals surface area contributed by atoms with E-state index in [1.165, 1.54) is 6.07 Å². The molecule has 1 aliphatic heterocycles. The van der Waals surface area contributed by atoms with E-state index >= 15 is 0 Å². The van der Waals surface area contributed by atoms with E-state index in [9.17, 15) is 22.4 Å². The Bertz CT molecular complexity index is 857. The number of nitrogens with one attached hydrogen (secondary N) is 1. The molecule has 1 fully saturated rings. The Morgan fingerprint density at radius 1 is 1.31 bits per heavy atom. The first-order chi connectivity index (χ1) is 12.1. The number of anilines is 3. The standard InChI is InChI=1S/C16H14F4N4O2/c1-8-4-5-24(8)15-22-12(16(18,19)20)7-13(23-15)21-9-2-3-10(14(25)26)11(17)6-9/h2-3,6-8H,4-5H2,1H3,(H,25,26)(H,21,22,23)/t8-/m0/s1. The molecule has 0 radical (unpaired) electrons. The average Bonchev–Trinajstić information content (AvgIpc) is 2.52. The molecule has 0 bridgehead atoms. The van der Waals surface area contributed by atoms with Crippen molar-refractivity contribution in [3.05, 3.63) is 41.3 Å². The molecule has 1 aliphatic rings. The molecule has 1 saturated heterocycles. The molecule has 2 heterocycles. The minimum absolute atomic E-state index is 0.0265. The van der Waals surface area contributed by atoms with Gasteiger partial charge in [0.1, 0.15) is 11.6 Å². The van der Waals surface area contributed by atoms with Crippen molar-refractivity contribution >= 4 is 23.4 Å². The second-order valence-electron chi connectivity index (χ2n) is 5.89. The Kier molecular flexibility index (Phi) is 4.43. The predicted molar refractivity (Wildman–Crippen MR) is 85.1 cm³/mol. The quantitative estimate of drug-likeness (QED) is 0.800. The summed E-state index contributed by atoms with van der Waals surface area (Å²) in [5.74, 6) is -2.68. The van der Waals surface area contributed by atoms with Crippen LogP contribution in [0.3, 0.4) is 0 Å². The van der Waals surface area contributed by atoms with E-state index in [1.54, 1.807) is 4.90 Å². The number of carboxylic acid groups (broad SMARTS) is 1. The van der Waals surface area contributed by atoms with Gasteiger partial charge in [-0.05, 0) is 31.5 Å². The second kappa shape index (κ2) is 6.43. The summed E-state index contributed by atoms with van der Waals surface area (Å²) in [5.41, 5.74) is -1.59. The average molecular weight is 370 g/mol. The minimum atomic E-state index is -4.67. The first-order valence-electron chi connectivity index (χ1n) is 7.68. The molecule has 2 aromatic rings. The van der Waals surface area contributed by atoms with Crippen molar-refractivity contribution < 1.29 is 27.5 Å². The number of rotatable bonds is 4. The lowest BCUT2D eigenvalue weighted by Crippen LogP contribution is -2.46. The topological polar surface area (TPSA) is 78.4 Å². The summed E-state index contributed by atoms with van der Waals surface area (Å²) >= 11 is 0. The van der Waals surface area contributed by atoms with Crippen LogP contribution in [-0.2, 0) is 6.18 Å². The smallest absolute Gasteiger partial charge is 0.433 e. The molecule has 1 aromatic heterocycles. The van der Waals surface area contributed by atoms with Gasteiger partial charge in [-0.2, -0.15) is 18.2 Å². The summed E-state index contributed by atoms with van der Waals surface area (Å²) in [6.07, 6.45) is -3.84. The van der Waals surface area contributed by atoms with Gasteiger partial charge < -0.3 is 15.3 Å². The van der Waals surface area contributed by atoms with Gasteiger partial charge >= 0.3 is 12.1 Å². The predicted octanol–water partition coefficient (Wildman–Crippen LogP) is 3.67. The van der Waals surface area contributed by atoms with E-state index in [0.717, 1.165) is 24.6 Å². The zero-order valence-corrected chi connectivity index (χ0v) is 13.5. The highest BCUT2D eigenvalue weighted by Gasteiger charge is 2.35. The molecule has 0 spiro atoms. The Hall–Kier alpha value is -2.91. The lowest BCUT2D eigenvalue weighted by Gasteiger charge is -2.38.